The first-order valence-electron chi connectivity index (χ1n) is 7.44. The fraction of sp³-hybridized carbons (Fsp3) is 0.500. The Balaban J connectivity index is 2.22. The van der Waals surface area contributed by atoms with Gasteiger partial charge in [-0.05, 0) is 44.9 Å². The molecule has 0 radical (unpaired) electrons. The molecule has 1 aromatic carbocycles. The summed E-state index contributed by atoms with van der Waals surface area (Å²) in [5.74, 6) is -0.607. The maximum Gasteiger partial charge on any atom is 0.238 e. The van der Waals surface area contributed by atoms with Crippen LogP contribution < -0.4 is 10.1 Å². The standard InChI is InChI=1S/C16H21NO5S/c1-10(18)12-4-7-15(22-3)13(8-12)9-23(20,21)11(2)16(19)17-14-5-6-14/h4,7-8,11,14H,5-6,9H2,1-3H3,(H,17,19)/t11-/m0/s1. The Morgan fingerprint density at radius 1 is 1.35 bits per heavy atom. The highest BCUT2D eigenvalue weighted by Crippen LogP contribution is 2.25. The van der Waals surface area contributed by atoms with Crippen molar-refractivity contribution < 1.29 is 22.7 Å². The summed E-state index contributed by atoms with van der Waals surface area (Å²) in [6.07, 6.45) is 1.79. The molecule has 2 rings (SSSR count). The Morgan fingerprint density at radius 2 is 2.00 bits per heavy atom. The quantitative estimate of drug-likeness (QED) is 0.760. The molecule has 0 saturated heterocycles. The normalized spacial score (nSPS) is 15.8. The molecule has 0 spiro atoms. The number of nitrogens with one attached hydrogen (secondary N) is 1. The Kier molecular flexibility index (Phi) is 5.09. The molecule has 1 aromatic rings. The van der Waals surface area contributed by atoms with E-state index >= 15 is 0 Å². The van der Waals surface area contributed by atoms with Gasteiger partial charge in [-0.2, -0.15) is 0 Å². The van der Waals surface area contributed by atoms with E-state index < -0.39 is 21.0 Å². The summed E-state index contributed by atoms with van der Waals surface area (Å²) in [5.41, 5.74) is 0.789. The number of sulfone groups is 1. The molecule has 1 amide bonds. The van der Waals surface area contributed by atoms with Gasteiger partial charge in [0.2, 0.25) is 5.91 Å². The third-order valence-corrected chi connectivity index (χ3v) is 5.88. The number of rotatable bonds is 7. The molecule has 0 unspecified atom stereocenters. The molecule has 1 aliphatic rings. The van der Waals surface area contributed by atoms with Gasteiger partial charge >= 0.3 is 0 Å². The van der Waals surface area contributed by atoms with Crippen molar-refractivity contribution in [2.45, 2.75) is 43.7 Å². The molecule has 0 heterocycles. The molecule has 1 N–H and O–H groups in total. The fourth-order valence-electron chi connectivity index (χ4n) is 2.16. The van der Waals surface area contributed by atoms with Gasteiger partial charge in [0.05, 0.1) is 12.9 Å². The number of ketones is 1. The van der Waals surface area contributed by atoms with Crippen LogP contribution in [0, 0.1) is 0 Å². The van der Waals surface area contributed by atoms with Crippen LogP contribution in [0.4, 0.5) is 0 Å². The predicted molar refractivity (Wildman–Crippen MR) is 86.2 cm³/mol. The third kappa shape index (κ3) is 4.31. The first kappa shape index (κ1) is 17.5. The van der Waals surface area contributed by atoms with Gasteiger partial charge in [0.15, 0.2) is 15.6 Å². The van der Waals surface area contributed by atoms with Crippen LogP contribution in [0.3, 0.4) is 0 Å². The van der Waals surface area contributed by atoms with E-state index in [0.29, 0.717) is 16.9 Å². The Hall–Kier alpha value is -1.89. The second-order valence-electron chi connectivity index (χ2n) is 5.82. The minimum atomic E-state index is -3.71. The van der Waals surface area contributed by atoms with Crippen molar-refractivity contribution in [3.63, 3.8) is 0 Å². The van der Waals surface area contributed by atoms with E-state index in [1.165, 1.54) is 27.0 Å². The van der Waals surface area contributed by atoms with Crippen LogP contribution in [-0.4, -0.2) is 38.5 Å². The van der Waals surface area contributed by atoms with Crippen molar-refractivity contribution in [3.05, 3.63) is 29.3 Å². The lowest BCUT2D eigenvalue weighted by atomic mass is 10.1. The van der Waals surface area contributed by atoms with Crippen LogP contribution in [0.25, 0.3) is 0 Å². The van der Waals surface area contributed by atoms with E-state index in [1.54, 1.807) is 12.1 Å². The third-order valence-electron chi connectivity index (χ3n) is 3.88. The van der Waals surface area contributed by atoms with Gasteiger partial charge in [-0.1, -0.05) is 0 Å². The summed E-state index contributed by atoms with van der Waals surface area (Å²) in [5, 5.41) is 1.56. The number of benzene rings is 1. The first-order chi connectivity index (χ1) is 10.7. The van der Waals surface area contributed by atoms with Crippen LogP contribution in [0.1, 0.15) is 42.6 Å². The van der Waals surface area contributed by atoms with E-state index in [1.807, 2.05) is 0 Å². The zero-order valence-electron chi connectivity index (χ0n) is 13.5. The number of hydrogen-bond acceptors (Lipinski definition) is 5. The van der Waals surface area contributed by atoms with E-state index in [9.17, 15) is 18.0 Å². The second-order valence-corrected chi connectivity index (χ2v) is 8.14. The summed E-state index contributed by atoms with van der Waals surface area (Å²) in [6, 6.07) is 4.76. The highest BCUT2D eigenvalue weighted by molar-refractivity contribution is 7.92. The van der Waals surface area contributed by atoms with Gasteiger partial charge in [-0.3, -0.25) is 9.59 Å². The molecule has 1 aliphatic carbocycles. The van der Waals surface area contributed by atoms with Gasteiger partial charge in [0.25, 0.3) is 0 Å². The number of amides is 1. The van der Waals surface area contributed by atoms with Gasteiger partial charge in [0, 0.05) is 17.2 Å². The molecule has 0 bridgehead atoms. The molecule has 23 heavy (non-hydrogen) atoms. The zero-order valence-corrected chi connectivity index (χ0v) is 14.3. The summed E-state index contributed by atoms with van der Waals surface area (Å²) in [7, 11) is -2.28. The maximum absolute atomic E-state index is 12.5. The number of methoxy groups -OCH3 is 1. The summed E-state index contributed by atoms with van der Waals surface area (Å²) in [6.45, 7) is 2.79. The lowest BCUT2D eigenvalue weighted by Gasteiger charge is -2.15. The van der Waals surface area contributed by atoms with Crippen LogP contribution in [0.5, 0.6) is 5.75 Å². The average Bonchev–Trinajstić information content (AvgIpc) is 3.29. The topological polar surface area (TPSA) is 89.5 Å². The predicted octanol–water partition coefficient (Wildman–Crippen LogP) is 1.48. The minimum Gasteiger partial charge on any atom is -0.496 e. The Morgan fingerprint density at radius 3 is 2.52 bits per heavy atom. The molecular formula is C16H21NO5S. The van der Waals surface area contributed by atoms with E-state index in [-0.39, 0.29) is 17.6 Å². The Bertz CT molecular complexity index is 722. The smallest absolute Gasteiger partial charge is 0.238 e. The molecule has 1 atom stereocenters. The van der Waals surface area contributed by atoms with Gasteiger partial charge < -0.3 is 10.1 Å². The van der Waals surface area contributed by atoms with Crippen molar-refractivity contribution in [2.24, 2.45) is 0 Å². The lowest BCUT2D eigenvalue weighted by molar-refractivity contribution is -0.120. The summed E-state index contributed by atoms with van der Waals surface area (Å²) in [4.78, 5) is 23.5. The van der Waals surface area contributed by atoms with Gasteiger partial charge in [-0.15, -0.1) is 0 Å². The lowest BCUT2D eigenvalue weighted by Crippen LogP contribution is -2.39. The molecule has 0 aliphatic heterocycles. The first-order valence-corrected chi connectivity index (χ1v) is 9.16. The van der Waals surface area contributed by atoms with Crippen molar-refractivity contribution in [1.29, 1.82) is 0 Å². The van der Waals surface area contributed by atoms with Crippen molar-refractivity contribution in [2.75, 3.05) is 7.11 Å². The van der Waals surface area contributed by atoms with Crippen LogP contribution in [0.15, 0.2) is 18.2 Å². The summed E-state index contributed by atoms with van der Waals surface area (Å²) >= 11 is 0. The molecule has 126 valence electrons. The Labute approximate surface area is 136 Å². The van der Waals surface area contributed by atoms with Gasteiger partial charge in [-0.25, -0.2) is 8.42 Å². The molecular weight excluding hydrogens is 318 g/mol. The van der Waals surface area contributed by atoms with Crippen molar-refractivity contribution >= 4 is 21.5 Å². The van der Waals surface area contributed by atoms with E-state index in [2.05, 4.69) is 5.32 Å². The fourth-order valence-corrected chi connectivity index (χ4v) is 3.46. The number of carbonyl (C=O) groups excluding carboxylic acids is 2. The minimum absolute atomic E-state index is 0.107. The average molecular weight is 339 g/mol. The van der Waals surface area contributed by atoms with Crippen molar-refractivity contribution in [1.82, 2.24) is 5.32 Å². The van der Waals surface area contributed by atoms with Crippen molar-refractivity contribution in [3.8, 4) is 5.75 Å². The molecule has 6 nitrogen and oxygen atoms in total. The van der Waals surface area contributed by atoms with E-state index in [4.69, 9.17) is 4.74 Å². The number of carbonyl (C=O) groups is 2. The zero-order chi connectivity index (χ0) is 17.2. The van der Waals surface area contributed by atoms with Crippen LogP contribution in [0.2, 0.25) is 0 Å². The number of ether oxygens (including phenoxy) is 1. The molecule has 7 heteroatoms. The second kappa shape index (κ2) is 6.70. The maximum atomic E-state index is 12.5. The van der Waals surface area contributed by atoms with E-state index in [0.717, 1.165) is 12.8 Å². The molecule has 1 saturated carbocycles. The van der Waals surface area contributed by atoms with Crippen LogP contribution >= 0.6 is 0 Å². The monoisotopic (exact) mass is 339 g/mol. The highest BCUT2D eigenvalue weighted by atomic mass is 32.2. The molecule has 0 aromatic heterocycles. The number of hydrogen-bond donors (Lipinski definition) is 1. The highest BCUT2D eigenvalue weighted by Gasteiger charge is 2.33. The number of Topliss-reactive ketones (excluding diaryl/α,β-unsaturated/α-hetero) is 1. The SMILES string of the molecule is COc1ccc(C(C)=O)cc1CS(=O)(=O)[C@@H](C)C(=O)NC1CC1. The van der Waals surface area contributed by atoms with Gasteiger partial charge in [0.1, 0.15) is 11.0 Å². The van der Waals surface area contributed by atoms with Crippen LogP contribution in [-0.2, 0) is 20.4 Å². The summed E-state index contributed by atoms with van der Waals surface area (Å²) < 4.78 is 30.1. The largest absolute Gasteiger partial charge is 0.496 e. The molecule has 1 fully saturated rings.